The molecule has 1 unspecified atom stereocenters. The number of likely N-dealkylation sites (tertiary alicyclic amines) is 1. The van der Waals surface area contributed by atoms with E-state index in [2.05, 4.69) is 5.32 Å². The number of carbonyl (C=O) groups is 3. The fourth-order valence-corrected chi connectivity index (χ4v) is 2.32. The Morgan fingerprint density at radius 3 is 2.70 bits per heavy atom. The van der Waals surface area contributed by atoms with Gasteiger partial charge in [-0.3, -0.25) is 14.4 Å². The van der Waals surface area contributed by atoms with E-state index >= 15 is 0 Å². The van der Waals surface area contributed by atoms with Crippen molar-refractivity contribution in [2.24, 2.45) is 11.8 Å². The highest BCUT2D eigenvalue weighted by Crippen LogP contribution is 2.19. The Morgan fingerprint density at radius 2 is 2.10 bits per heavy atom. The van der Waals surface area contributed by atoms with Gasteiger partial charge in [0.25, 0.3) is 0 Å². The number of carboxylic acids is 1. The van der Waals surface area contributed by atoms with Crippen LogP contribution in [0.5, 0.6) is 0 Å². The van der Waals surface area contributed by atoms with Crippen LogP contribution in [-0.2, 0) is 14.4 Å². The second-order valence-electron chi connectivity index (χ2n) is 5.74. The molecule has 0 aromatic heterocycles. The summed E-state index contributed by atoms with van der Waals surface area (Å²) in [6.07, 6.45) is 1.61. The molecule has 1 rings (SSSR count). The zero-order valence-corrected chi connectivity index (χ0v) is 12.2. The van der Waals surface area contributed by atoms with Crippen LogP contribution in [0.4, 0.5) is 0 Å². The van der Waals surface area contributed by atoms with Gasteiger partial charge in [0.2, 0.25) is 11.8 Å². The topological polar surface area (TPSA) is 86.7 Å². The molecular formula is C14H24N2O4. The molecule has 0 radical (unpaired) electrons. The molecular weight excluding hydrogens is 260 g/mol. The van der Waals surface area contributed by atoms with Crippen LogP contribution < -0.4 is 5.32 Å². The van der Waals surface area contributed by atoms with Crippen LogP contribution in [0.25, 0.3) is 0 Å². The van der Waals surface area contributed by atoms with Crippen LogP contribution in [0.1, 0.15) is 39.5 Å². The predicted octanol–water partition coefficient (Wildman–Crippen LogP) is 0.862. The lowest BCUT2D eigenvalue weighted by molar-refractivity contribution is -0.137. The first-order valence-electron chi connectivity index (χ1n) is 7.17. The van der Waals surface area contributed by atoms with Crippen molar-refractivity contribution in [1.82, 2.24) is 10.2 Å². The van der Waals surface area contributed by atoms with E-state index in [1.807, 2.05) is 13.8 Å². The van der Waals surface area contributed by atoms with Gasteiger partial charge in [0.05, 0.1) is 5.92 Å². The number of carbonyl (C=O) groups excluding carboxylic acids is 2. The van der Waals surface area contributed by atoms with Crippen molar-refractivity contribution >= 4 is 17.8 Å². The zero-order valence-electron chi connectivity index (χ0n) is 12.2. The molecule has 0 bridgehead atoms. The number of unbranched alkanes of at least 4 members (excludes halogenated alkanes) is 1. The summed E-state index contributed by atoms with van der Waals surface area (Å²) in [6, 6.07) is 0. The van der Waals surface area contributed by atoms with E-state index in [-0.39, 0.29) is 30.6 Å². The highest BCUT2D eigenvalue weighted by Gasteiger charge is 2.34. The molecule has 1 fully saturated rings. The van der Waals surface area contributed by atoms with Crippen LogP contribution in [0.2, 0.25) is 0 Å². The Hall–Kier alpha value is -1.59. The molecule has 1 aliphatic heterocycles. The van der Waals surface area contributed by atoms with Crippen molar-refractivity contribution in [2.45, 2.75) is 39.5 Å². The van der Waals surface area contributed by atoms with E-state index in [0.717, 1.165) is 0 Å². The lowest BCUT2D eigenvalue weighted by Gasteiger charge is -2.18. The molecule has 6 nitrogen and oxygen atoms in total. The van der Waals surface area contributed by atoms with Crippen molar-refractivity contribution in [3.05, 3.63) is 0 Å². The molecule has 0 aromatic rings. The Morgan fingerprint density at radius 1 is 1.40 bits per heavy atom. The van der Waals surface area contributed by atoms with Gasteiger partial charge in [0.15, 0.2) is 0 Å². The minimum Gasteiger partial charge on any atom is -0.481 e. The van der Waals surface area contributed by atoms with Crippen molar-refractivity contribution in [1.29, 1.82) is 0 Å². The first-order chi connectivity index (χ1) is 9.40. The van der Waals surface area contributed by atoms with Gasteiger partial charge in [-0.05, 0) is 18.8 Å². The van der Waals surface area contributed by atoms with Gasteiger partial charge in [0.1, 0.15) is 0 Å². The molecule has 0 aromatic carbocycles. The maximum Gasteiger partial charge on any atom is 0.303 e. The number of hydrogen-bond donors (Lipinski definition) is 2. The molecule has 0 aliphatic carbocycles. The Bertz CT molecular complexity index is 368. The Balaban J connectivity index is 2.24. The van der Waals surface area contributed by atoms with Gasteiger partial charge < -0.3 is 15.3 Å². The molecule has 1 heterocycles. The third-order valence-corrected chi connectivity index (χ3v) is 3.29. The number of nitrogens with one attached hydrogen (secondary N) is 1. The number of hydrogen-bond acceptors (Lipinski definition) is 3. The van der Waals surface area contributed by atoms with E-state index in [4.69, 9.17) is 5.11 Å². The minimum atomic E-state index is -0.818. The van der Waals surface area contributed by atoms with E-state index in [9.17, 15) is 14.4 Å². The maximum atomic E-state index is 11.9. The first-order valence-corrected chi connectivity index (χ1v) is 7.17. The predicted molar refractivity (Wildman–Crippen MR) is 74.0 cm³/mol. The highest BCUT2D eigenvalue weighted by molar-refractivity contribution is 5.89. The molecule has 1 saturated heterocycles. The van der Waals surface area contributed by atoms with E-state index in [1.165, 1.54) is 0 Å². The summed E-state index contributed by atoms with van der Waals surface area (Å²) in [5.74, 6) is -0.732. The van der Waals surface area contributed by atoms with Crippen LogP contribution >= 0.6 is 0 Å². The fraction of sp³-hybridized carbons (Fsp3) is 0.786. The minimum absolute atomic E-state index is 0.0460. The summed E-state index contributed by atoms with van der Waals surface area (Å²) in [6.45, 7) is 5.76. The molecule has 114 valence electrons. The smallest absolute Gasteiger partial charge is 0.303 e. The fourth-order valence-electron chi connectivity index (χ4n) is 2.32. The summed E-state index contributed by atoms with van der Waals surface area (Å²) in [4.78, 5) is 35.8. The summed E-state index contributed by atoms with van der Waals surface area (Å²) in [5.41, 5.74) is 0. The molecule has 1 aliphatic rings. The number of rotatable bonds is 8. The second kappa shape index (κ2) is 7.87. The van der Waals surface area contributed by atoms with E-state index in [0.29, 0.717) is 38.4 Å². The lowest BCUT2D eigenvalue weighted by atomic mass is 10.1. The third kappa shape index (κ3) is 5.59. The number of amides is 2. The standard InChI is InChI=1S/C14H24N2O4/c1-10(2)8-16-9-11(7-12(16)17)14(20)15-6-4-3-5-13(18)19/h10-11H,3-9H2,1-2H3,(H,15,20)(H,18,19). The largest absolute Gasteiger partial charge is 0.481 e. The Labute approximate surface area is 119 Å². The Kier molecular flexibility index (Phi) is 6.48. The third-order valence-electron chi connectivity index (χ3n) is 3.29. The molecule has 6 heteroatoms. The summed E-state index contributed by atoms with van der Waals surface area (Å²) < 4.78 is 0. The molecule has 0 saturated carbocycles. The molecule has 20 heavy (non-hydrogen) atoms. The second-order valence-corrected chi connectivity index (χ2v) is 5.74. The van der Waals surface area contributed by atoms with Gasteiger partial charge in [-0.1, -0.05) is 13.8 Å². The zero-order chi connectivity index (χ0) is 15.1. The molecule has 2 N–H and O–H groups in total. The number of nitrogens with zero attached hydrogens (tertiary/aromatic N) is 1. The van der Waals surface area contributed by atoms with Gasteiger partial charge >= 0.3 is 5.97 Å². The van der Waals surface area contributed by atoms with Crippen LogP contribution in [0.3, 0.4) is 0 Å². The monoisotopic (exact) mass is 284 g/mol. The van der Waals surface area contributed by atoms with Crippen molar-refractivity contribution in [2.75, 3.05) is 19.6 Å². The number of aliphatic carboxylic acids is 1. The first kappa shape index (κ1) is 16.5. The lowest BCUT2D eigenvalue weighted by Crippen LogP contribution is -2.34. The van der Waals surface area contributed by atoms with Crippen molar-refractivity contribution < 1.29 is 19.5 Å². The van der Waals surface area contributed by atoms with E-state index in [1.54, 1.807) is 4.90 Å². The van der Waals surface area contributed by atoms with Gasteiger partial charge in [-0.15, -0.1) is 0 Å². The number of carboxylic acid groups (broad SMARTS) is 1. The highest BCUT2D eigenvalue weighted by atomic mass is 16.4. The summed E-state index contributed by atoms with van der Waals surface area (Å²) in [5, 5.41) is 11.3. The summed E-state index contributed by atoms with van der Waals surface area (Å²) in [7, 11) is 0. The summed E-state index contributed by atoms with van der Waals surface area (Å²) >= 11 is 0. The molecule has 2 amide bonds. The maximum absolute atomic E-state index is 11.9. The van der Waals surface area contributed by atoms with Crippen molar-refractivity contribution in [3.63, 3.8) is 0 Å². The van der Waals surface area contributed by atoms with Crippen LogP contribution in [-0.4, -0.2) is 47.4 Å². The quantitative estimate of drug-likeness (QED) is 0.647. The van der Waals surface area contributed by atoms with Crippen LogP contribution in [0, 0.1) is 11.8 Å². The normalized spacial score (nSPS) is 18.6. The van der Waals surface area contributed by atoms with Gasteiger partial charge in [-0.25, -0.2) is 0 Å². The molecule has 0 spiro atoms. The molecule has 1 atom stereocenters. The van der Waals surface area contributed by atoms with E-state index < -0.39 is 5.97 Å². The van der Waals surface area contributed by atoms with Gasteiger partial charge in [0, 0.05) is 32.5 Å². The average Bonchev–Trinajstić information content (AvgIpc) is 2.69. The average molecular weight is 284 g/mol. The van der Waals surface area contributed by atoms with Gasteiger partial charge in [-0.2, -0.15) is 0 Å². The SMILES string of the molecule is CC(C)CN1CC(C(=O)NCCCCC(=O)O)CC1=O. The van der Waals surface area contributed by atoms with Crippen molar-refractivity contribution in [3.8, 4) is 0 Å². The van der Waals surface area contributed by atoms with Crippen LogP contribution in [0.15, 0.2) is 0 Å².